The van der Waals surface area contributed by atoms with Gasteiger partial charge in [-0.25, -0.2) is 0 Å². The molecule has 0 fully saturated rings. The van der Waals surface area contributed by atoms with E-state index in [-0.39, 0.29) is 0 Å². The predicted molar refractivity (Wildman–Crippen MR) is 98.1 cm³/mol. The topological polar surface area (TPSA) is 29.2 Å². The Hall–Kier alpha value is -2.75. The number of methoxy groups -OCH3 is 1. The summed E-state index contributed by atoms with van der Waals surface area (Å²) in [7, 11) is 5.86. The van der Waals surface area contributed by atoms with Gasteiger partial charge in [-0.1, -0.05) is 30.3 Å². The third-order valence-corrected chi connectivity index (χ3v) is 4.83. The first-order valence-electron chi connectivity index (χ1n) is 8.26. The van der Waals surface area contributed by atoms with Crippen LogP contribution in [0.1, 0.15) is 5.69 Å². The van der Waals surface area contributed by atoms with E-state index in [4.69, 9.17) is 4.74 Å². The molecule has 4 heteroatoms. The zero-order valence-corrected chi connectivity index (χ0v) is 14.3. The Bertz CT molecular complexity index is 938. The lowest BCUT2D eigenvalue weighted by molar-refractivity contribution is -0.503. The molecule has 0 atom stereocenters. The average Bonchev–Trinajstić information content (AvgIpc) is 2.95. The summed E-state index contributed by atoms with van der Waals surface area (Å²) < 4.78 is 10.2. The molecule has 0 unspecified atom stereocenters. The first-order chi connectivity index (χ1) is 11.7. The van der Waals surface area contributed by atoms with Crippen molar-refractivity contribution in [3.63, 3.8) is 0 Å². The summed E-state index contributed by atoms with van der Waals surface area (Å²) in [5, 5.41) is 4.63. The van der Waals surface area contributed by atoms with Crippen molar-refractivity contribution in [1.29, 1.82) is 0 Å². The van der Waals surface area contributed by atoms with Crippen LogP contribution in [-0.2, 0) is 6.54 Å². The van der Waals surface area contributed by atoms with E-state index in [2.05, 4.69) is 64.0 Å². The molecule has 0 aliphatic carbocycles. The van der Waals surface area contributed by atoms with Crippen molar-refractivity contribution in [2.75, 3.05) is 27.7 Å². The van der Waals surface area contributed by atoms with Gasteiger partial charge in [-0.2, -0.15) is 0 Å². The van der Waals surface area contributed by atoms with Gasteiger partial charge in [-0.3, -0.25) is 9.89 Å². The molecule has 24 heavy (non-hydrogen) atoms. The number of nitrogens with zero attached hydrogens (tertiary/aromatic N) is 2. The molecule has 0 bridgehead atoms. The van der Waals surface area contributed by atoms with Crippen LogP contribution in [-0.4, -0.2) is 42.7 Å². The maximum atomic E-state index is 5.48. The summed E-state index contributed by atoms with van der Waals surface area (Å²) in [5.41, 5.74) is 5.00. The summed E-state index contributed by atoms with van der Waals surface area (Å²) in [6.07, 6.45) is 0. The zero-order valence-electron chi connectivity index (χ0n) is 14.3. The van der Waals surface area contributed by atoms with E-state index < -0.39 is 0 Å². The minimum Gasteiger partial charge on any atom is -0.497 e. The highest BCUT2D eigenvalue weighted by Gasteiger charge is 2.29. The van der Waals surface area contributed by atoms with Gasteiger partial charge in [0.1, 0.15) is 18.0 Å². The lowest BCUT2D eigenvalue weighted by Crippen LogP contribution is -2.38. The van der Waals surface area contributed by atoms with Crippen molar-refractivity contribution in [2.45, 2.75) is 6.54 Å². The second-order valence-corrected chi connectivity index (χ2v) is 6.14. The number of rotatable bonds is 2. The summed E-state index contributed by atoms with van der Waals surface area (Å²) >= 11 is 0. The molecule has 1 aliphatic rings. The van der Waals surface area contributed by atoms with E-state index in [1.807, 2.05) is 13.1 Å². The SMILES string of the molecule is CNC1=[N+](C)CCn2c1c(-c1ccccc1)c1cc(OC)ccc12. The quantitative estimate of drug-likeness (QED) is 0.736. The number of aromatic nitrogens is 1. The van der Waals surface area contributed by atoms with Gasteiger partial charge < -0.3 is 9.30 Å². The van der Waals surface area contributed by atoms with Crippen LogP contribution in [0.15, 0.2) is 48.5 Å². The molecule has 0 spiro atoms. The molecule has 0 saturated heterocycles. The van der Waals surface area contributed by atoms with E-state index in [9.17, 15) is 0 Å². The highest BCUT2D eigenvalue weighted by Crippen LogP contribution is 2.37. The number of fused-ring (bicyclic) bond motifs is 3. The van der Waals surface area contributed by atoms with Gasteiger partial charge >= 0.3 is 0 Å². The molecular weight excluding hydrogens is 298 g/mol. The van der Waals surface area contributed by atoms with Gasteiger partial charge in [0, 0.05) is 16.5 Å². The number of hydrogen-bond acceptors (Lipinski definition) is 2. The molecule has 0 saturated carbocycles. The lowest BCUT2D eigenvalue weighted by Gasteiger charge is -2.18. The van der Waals surface area contributed by atoms with Crippen LogP contribution < -0.4 is 10.1 Å². The van der Waals surface area contributed by atoms with Crippen LogP contribution in [0.3, 0.4) is 0 Å². The Morgan fingerprint density at radius 1 is 1.12 bits per heavy atom. The number of benzene rings is 2. The number of nitrogens with one attached hydrogen (secondary N) is 1. The second kappa shape index (κ2) is 5.71. The largest absolute Gasteiger partial charge is 0.497 e. The molecule has 0 amide bonds. The number of amidine groups is 1. The molecule has 4 rings (SSSR count). The lowest BCUT2D eigenvalue weighted by atomic mass is 10.0. The highest BCUT2D eigenvalue weighted by atomic mass is 16.5. The molecule has 3 aromatic rings. The first-order valence-corrected chi connectivity index (χ1v) is 8.26. The van der Waals surface area contributed by atoms with Crippen molar-refractivity contribution < 1.29 is 9.31 Å². The van der Waals surface area contributed by atoms with Crippen LogP contribution in [0.25, 0.3) is 22.0 Å². The molecule has 2 aromatic carbocycles. The van der Waals surface area contributed by atoms with Crippen LogP contribution in [0.5, 0.6) is 5.75 Å². The summed E-state index contributed by atoms with van der Waals surface area (Å²) in [6.45, 7) is 1.97. The van der Waals surface area contributed by atoms with E-state index in [1.54, 1.807) is 7.11 Å². The monoisotopic (exact) mass is 320 g/mol. The van der Waals surface area contributed by atoms with Crippen molar-refractivity contribution in [3.05, 3.63) is 54.2 Å². The average molecular weight is 320 g/mol. The number of ether oxygens (including phenoxy) is 1. The number of likely N-dealkylation sites (N-methyl/N-ethyl adjacent to an activating group) is 1. The Morgan fingerprint density at radius 2 is 1.92 bits per heavy atom. The Kier molecular flexibility index (Phi) is 3.53. The Labute approximate surface area is 142 Å². The van der Waals surface area contributed by atoms with Crippen LogP contribution >= 0.6 is 0 Å². The van der Waals surface area contributed by atoms with Crippen LogP contribution in [0, 0.1) is 0 Å². The van der Waals surface area contributed by atoms with Gasteiger partial charge in [-0.15, -0.1) is 0 Å². The molecule has 1 aliphatic heterocycles. The summed E-state index contributed by atoms with van der Waals surface area (Å²) in [4.78, 5) is 0. The van der Waals surface area contributed by atoms with Crippen molar-refractivity contribution in [2.24, 2.45) is 0 Å². The van der Waals surface area contributed by atoms with Gasteiger partial charge in [0.25, 0.3) is 5.84 Å². The van der Waals surface area contributed by atoms with Crippen LogP contribution in [0.2, 0.25) is 0 Å². The standard InChI is InChI=1S/C20H21N3O/c1-21-20-19-18(14-7-5-4-6-8-14)16-13-15(24-3)9-10-17(16)23(19)12-11-22(20)2/h4-10,13H,11-12H2,1-3H3/p+1. The fourth-order valence-corrected chi connectivity index (χ4v) is 3.69. The predicted octanol–water partition coefficient (Wildman–Crippen LogP) is 2.94. The van der Waals surface area contributed by atoms with Crippen molar-refractivity contribution >= 4 is 16.7 Å². The van der Waals surface area contributed by atoms with E-state index in [0.717, 1.165) is 24.7 Å². The third-order valence-electron chi connectivity index (χ3n) is 4.83. The Morgan fingerprint density at radius 3 is 2.62 bits per heavy atom. The summed E-state index contributed by atoms with van der Waals surface area (Å²) in [6, 6.07) is 17.0. The van der Waals surface area contributed by atoms with Crippen LogP contribution in [0.4, 0.5) is 0 Å². The molecule has 2 heterocycles. The molecular formula is C20H22N3O+. The maximum absolute atomic E-state index is 5.48. The normalized spacial score (nSPS) is 14.0. The van der Waals surface area contributed by atoms with E-state index >= 15 is 0 Å². The smallest absolute Gasteiger partial charge is 0.294 e. The highest BCUT2D eigenvalue weighted by molar-refractivity contribution is 6.11. The zero-order chi connectivity index (χ0) is 16.7. The van der Waals surface area contributed by atoms with Crippen molar-refractivity contribution in [1.82, 2.24) is 9.88 Å². The second-order valence-electron chi connectivity index (χ2n) is 6.14. The molecule has 1 aromatic heterocycles. The molecule has 122 valence electrons. The minimum atomic E-state index is 0.891. The molecule has 0 radical (unpaired) electrons. The van der Waals surface area contributed by atoms with E-state index in [0.29, 0.717) is 0 Å². The Balaban J connectivity index is 2.14. The third kappa shape index (κ3) is 2.10. The molecule has 1 N–H and O–H groups in total. The van der Waals surface area contributed by atoms with Gasteiger partial charge in [0.15, 0.2) is 0 Å². The number of hydrogen-bond donors (Lipinski definition) is 1. The molecule has 4 nitrogen and oxygen atoms in total. The van der Waals surface area contributed by atoms with Gasteiger partial charge in [-0.05, 0) is 23.8 Å². The summed E-state index contributed by atoms with van der Waals surface area (Å²) in [5.74, 6) is 2.05. The first kappa shape index (κ1) is 14.8. The maximum Gasteiger partial charge on any atom is 0.294 e. The minimum absolute atomic E-state index is 0.891. The van der Waals surface area contributed by atoms with Crippen molar-refractivity contribution in [3.8, 4) is 16.9 Å². The fraction of sp³-hybridized carbons (Fsp3) is 0.250. The fourth-order valence-electron chi connectivity index (χ4n) is 3.69. The van der Waals surface area contributed by atoms with E-state index in [1.165, 1.54) is 27.7 Å². The van der Waals surface area contributed by atoms with Gasteiger partial charge in [0.2, 0.25) is 0 Å². The van der Waals surface area contributed by atoms with Gasteiger partial charge in [0.05, 0.1) is 27.7 Å².